The molecule has 28 heavy (non-hydrogen) atoms. The van der Waals surface area contributed by atoms with E-state index in [-0.39, 0.29) is 22.6 Å². The maximum absolute atomic E-state index is 11.6. The number of allylic oxidation sites excluding steroid dienone is 10. The molecule has 2 aliphatic rings. The number of nitrogens with zero attached hydrogens (tertiary/aromatic N) is 5. The van der Waals surface area contributed by atoms with Crippen molar-refractivity contribution < 1.29 is 25.9 Å². The normalized spacial score (nSPS) is 23.0. The van der Waals surface area contributed by atoms with Gasteiger partial charge in [0.25, 0.3) is 25.6 Å². The van der Waals surface area contributed by atoms with Crippen molar-refractivity contribution in [2.75, 3.05) is 0 Å². The van der Waals surface area contributed by atoms with Gasteiger partial charge in [0.05, 0.1) is 5.71 Å². The standard InChI is InChI=1S/C14H10N6O6S2/c15-19-17-11-5-3-9(13(7-11)27(21,22)23)1-2-10-4-6-12(18-20-16)8-14(10)28(24,25)26/h1-8,15H,(H-,21,22,23,24,25,26)/p+1/b9-1+,10-2+,17-11+,18-12-,19-15?. The maximum atomic E-state index is 11.6. The average molecular weight is 423 g/mol. The molecule has 3 N–H and O–H groups in total. The summed E-state index contributed by atoms with van der Waals surface area (Å²) < 4.78 is 65.1. The quantitative estimate of drug-likeness (QED) is 0.266. The van der Waals surface area contributed by atoms with Crippen LogP contribution in [0.15, 0.2) is 85.0 Å². The van der Waals surface area contributed by atoms with Gasteiger partial charge >= 0.3 is 5.08 Å². The number of diazo groups is 1. The zero-order valence-corrected chi connectivity index (χ0v) is 15.3. The SMILES string of the molecule is N#[N+]/N=C1C=C/C(=C\C=C2C=C/C(=N\N=N)C=C/2S(=O)(=O)O)C(S(=O)(=O)O)=C/1. The second-order valence-electron chi connectivity index (χ2n) is 5.12. The molecule has 0 aliphatic heterocycles. The molecule has 0 saturated carbocycles. The van der Waals surface area contributed by atoms with Gasteiger partial charge in [-0.2, -0.15) is 22.4 Å². The van der Waals surface area contributed by atoms with Crippen LogP contribution in [-0.2, 0) is 20.2 Å². The van der Waals surface area contributed by atoms with Crippen LogP contribution in [0.3, 0.4) is 0 Å². The van der Waals surface area contributed by atoms with Crippen LogP contribution < -0.4 is 0 Å². The lowest BCUT2D eigenvalue weighted by Crippen LogP contribution is -2.10. The lowest BCUT2D eigenvalue weighted by molar-refractivity contribution is 0.489. The van der Waals surface area contributed by atoms with Gasteiger partial charge in [-0.3, -0.25) is 9.11 Å². The Kier molecular flexibility index (Phi) is 6.06. The fourth-order valence-electron chi connectivity index (χ4n) is 2.18. The second-order valence-corrected chi connectivity index (χ2v) is 7.90. The highest BCUT2D eigenvalue weighted by atomic mass is 32.2. The average Bonchev–Trinajstić information content (AvgIpc) is 2.60. The summed E-state index contributed by atoms with van der Waals surface area (Å²) in [5, 5.41) is 20.3. The summed E-state index contributed by atoms with van der Waals surface area (Å²) in [6.45, 7) is 0. The molecule has 0 bridgehead atoms. The van der Waals surface area contributed by atoms with E-state index in [0.29, 0.717) is 0 Å². The van der Waals surface area contributed by atoms with Crippen molar-refractivity contribution in [2.45, 2.75) is 0 Å². The molecule has 0 heterocycles. The van der Waals surface area contributed by atoms with Crippen molar-refractivity contribution in [1.82, 2.24) is 0 Å². The minimum absolute atomic E-state index is 0.00267. The van der Waals surface area contributed by atoms with Crippen LogP contribution in [0.2, 0.25) is 0 Å². The first-order valence-corrected chi connectivity index (χ1v) is 9.98. The molecular weight excluding hydrogens is 412 g/mol. The predicted molar refractivity (Wildman–Crippen MR) is 98.8 cm³/mol. The number of rotatable bonds is 4. The second kappa shape index (κ2) is 8.10. The fourth-order valence-corrected chi connectivity index (χ4v) is 3.59. The monoisotopic (exact) mass is 423 g/mol. The maximum Gasteiger partial charge on any atom is 0.339 e. The molecule has 0 aromatic heterocycles. The Morgan fingerprint density at radius 2 is 1.36 bits per heavy atom. The summed E-state index contributed by atoms with van der Waals surface area (Å²) in [6.07, 6.45) is 9.37. The Bertz CT molecular complexity index is 1220. The van der Waals surface area contributed by atoms with Gasteiger partial charge in [-0.1, -0.05) is 29.5 Å². The summed E-state index contributed by atoms with van der Waals surface area (Å²) in [5.74, 6) is 0. The van der Waals surface area contributed by atoms with Crippen LogP contribution in [0.25, 0.3) is 5.08 Å². The van der Waals surface area contributed by atoms with Gasteiger partial charge in [-0.25, -0.2) is 0 Å². The van der Waals surface area contributed by atoms with Crippen molar-refractivity contribution >= 4 is 31.7 Å². The third-order valence-corrected chi connectivity index (χ3v) is 5.14. The molecule has 2 rings (SSSR count). The summed E-state index contributed by atoms with van der Waals surface area (Å²) in [5.41, 5.74) is 6.55. The van der Waals surface area contributed by atoms with E-state index >= 15 is 0 Å². The van der Waals surface area contributed by atoms with E-state index in [4.69, 9.17) is 10.9 Å². The van der Waals surface area contributed by atoms with Crippen LogP contribution in [0, 0.1) is 10.9 Å². The molecule has 0 radical (unpaired) electrons. The highest BCUT2D eigenvalue weighted by Gasteiger charge is 2.23. The number of hydrogen-bond donors (Lipinski definition) is 3. The van der Waals surface area contributed by atoms with Crippen LogP contribution in [0.5, 0.6) is 0 Å². The molecule has 2 aliphatic carbocycles. The number of nitrogens with one attached hydrogen (secondary N) is 1. The van der Waals surface area contributed by atoms with Gasteiger partial charge < -0.3 is 0 Å². The van der Waals surface area contributed by atoms with Gasteiger partial charge in [0, 0.05) is 0 Å². The van der Waals surface area contributed by atoms with Crippen LogP contribution in [0.1, 0.15) is 0 Å². The summed E-state index contributed by atoms with van der Waals surface area (Å²) >= 11 is 0. The van der Waals surface area contributed by atoms with E-state index < -0.39 is 30.0 Å². The van der Waals surface area contributed by atoms with E-state index in [1.807, 2.05) is 0 Å². The van der Waals surface area contributed by atoms with E-state index in [9.17, 15) is 25.9 Å². The Morgan fingerprint density at radius 1 is 0.893 bits per heavy atom. The first-order valence-electron chi connectivity index (χ1n) is 7.10. The zero-order valence-electron chi connectivity index (χ0n) is 13.7. The van der Waals surface area contributed by atoms with E-state index in [0.717, 1.165) is 12.2 Å². The van der Waals surface area contributed by atoms with Crippen LogP contribution in [-0.4, -0.2) is 37.4 Å². The Labute approximate surface area is 159 Å². The van der Waals surface area contributed by atoms with Gasteiger partial charge in [0.15, 0.2) is 10.8 Å². The van der Waals surface area contributed by atoms with Gasteiger partial charge in [0.1, 0.15) is 9.81 Å². The number of hydrogen-bond acceptors (Lipinski definition) is 8. The summed E-state index contributed by atoms with van der Waals surface area (Å²) in [6, 6.07) is 0. The van der Waals surface area contributed by atoms with Crippen molar-refractivity contribution in [1.29, 1.82) is 10.9 Å². The molecule has 0 unspecified atom stereocenters. The molecule has 0 aromatic rings. The lowest BCUT2D eigenvalue weighted by Gasteiger charge is -2.11. The summed E-state index contributed by atoms with van der Waals surface area (Å²) in [7, 11) is -9.35. The molecule has 144 valence electrons. The molecular formula is C14H11N6O6S2+. The van der Waals surface area contributed by atoms with Gasteiger partial charge in [0.2, 0.25) is 0 Å². The van der Waals surface area contributed by atoms with Crippen molar-refractivity contribution in [3.63, 3.8) is 0 Å². The largest absolute Gasteiger partial charge is 0.339 e. The molecule has 0 amide bonds. The van der Waals surface area contributed by atoms with Gasteiger partial charge in [-0.05, 0) is 35.5 Å². The Hall–Kier alpha value is -3.38. The topological polar surface area (TPSA) is 198 Å². The summed E-state index contributed by atoms with van der Waals surface area (Å²) in [4.78, 5) is -1.12. The third kappa shape index (κ3) is 5.08. The minimum Gasteiger partial charge on any atom is -0.282 e. The highest BCUT2D eigenvalue weighted by Crippen LogP contribution is 2.25. The molecule has 0 saturated heterocycles. The van der Waals surface area contributed by atoms with Crippen LogP contribution in [0.4, 0.5) is 0 Å². The highest BCUT2D eigenvalue weighted by molar-refractivity contribution is 7.90. The lowest BCUT2D eigenvalue weighted by atomic mass is 10.0. The zero-order chi connectivity index (χ0) is 20.9. The third-order valence-electron chi connectivity index (χ3n) is 3.32. The minimum atomic E-state index is -4.68. The molecule has 0 aromatic carbocycles. The molecule has 12 nitrogen and oxygen atoms in total. The Balaban J connectivity index is 2.57. The van der Waals surface area contributed by atoms with E-state index in [1.54, 1.807) is 0 Å². The molecule has 0 spiro atoms. The van der Waals surface area contributed by atoms with Crippen molar-refractivity contribution in [2.24, 2.45) is 15.4 Å². The van der Waals surface area contributed by atoms with E-state index in [1.165, 1.54) is 36.5 Å². The van der Waals surface area contributed by atoms with Crippen molar-refractivity contribution in [3.05, 3.63) is 74.6 Å². The first kappa shape index (κ1) is 20.9. The smallest absolute Gasteiger partial charge is 0.282 e. The predicted octanol–water partition coefficient (Wildman–Crippen LogP) is 2.12. The first-order chi connectivity index (χ1) is 13.1. The van der Waals surface area contributed by atoms with Crippen LogP contribution >= 0.6 is 0 Å². The van der Waals surface area contributed by atoms with Crippen molar-refractivity contribution in [3.8, 4) is 0 Å². The van der Waals surface area contributed by atoms with Gasteiger partial charge in [-0.15, -0.1) is 5.10 Å². The van der Waals surface area contributed by atoms with E-state index in [2.05, 4.69) is 20.5 Å². The molecule has 0 atom stereocenters. The Morgan fingerprint density at radius 3 is 1.79 bits per heavy atom. The fraction of sp³-hybridized carbons (Fsp3) is 0. The molecule has 14 heteroatoms. The molecule has 0 fully saturated rings.